The van der Waals surface area contributed by atoms with E-state index in [1.807, 2.05) is 6.08 Å². The maximum atomic E-state index is 12.4. The molecule has 6 heteroatoms. The number of amides is 1. The van der Waals surface area contributed by atoms with Crippen molar-refractivity contribution in [2.45, 2.75) is 270 Å². The van der Waals surface area contributed by atoms with Gasteiger partial charge in [-0.05, 0) is 57.8 Å². The molecule has 0 radical (unpaired) electrons. The topological polar surface area (TPSA) is 95.9 Å². The molecule has 0 aromatic heterocycles. The van der Waals surface area contributed by atoms with E-state index in [-0.39, 0.29) is 18.5 Å². The Bertz CT molecular complexity index is 874. The van der Waals surface area contributed by atoms with Crippen molar-refractivity contribution in [3.05, 3.63) is 24.3 Å². The van der Waals surface area contributed by atoms with Crippen LogP contribution < -0.4 is 5.32 Å². The largest absolute Gasteiger partial charge is 0.466 e. The molecule has 0 aliphatic heterocycles. The van der Waals surface area contributed by atoms with Crippen LogP contribution in [0, 0.1) is 0 Å². The molecule has 0 rings (SSSR count). The van der Waals surface area contributed by atoms with Crippen molar-refractivity contribution in [2.24, 2.45) is 0 Å². The summed E-state index contributed by atoms with van der Waals surface area (Å²) in [7, 11) is 0. The first kappa shape index (κ1) is 54.3. The molecular formula is C50H95NO5. The van der Waals surface area contributed by atoms with Crippen molar-refractivity contribution in [3.8, 4) is 0 Å². The summed E-state index contributed by atoms with van der Waals surface area (Å²) >= 11 is 0. The summed E-state index contributed by atoms with van der Waals surface area (Å²) in [5, 5.41) is 23.0. The summed E-state index contributed by atoms with van der Waals surface area (Å²) in [6.07, 6.45) is 53.1. The number of esters is 1. The van der Waals surface area contributed by atoms with E-state index in [0.29, 0.717) is 19.4 Å². The molecule has 0 aromatic carbocycles. The van der Waals surface area contributed by atoms with Crippen LogP contribution in [0.15, 0.2) is 24.3 Å². The molecule has 0 aliphatic rings. The Morgan fingerprint density at radius 2 is 0.839 bits per heavy atom. The van der Waals surface area contributed by atoms with Gasteiger partial charge in [-0.25, -0.2) is 0 Å². The summed E-state index contributed by atoms with van der Waals surface area (Å²) in [4.78, 5) is 24.4. The summed E-state index contributed by atoms with van der Waals surface area (Å²) in [6.45, 7) is 4.84. The molecule has 6 nitrogen and oxygen atoms in total. The molecule has 0 fully saturated rings. The molecule has 2 atom stereocenters. The molecule has 0 spiro atoms. The van der Waals surface area contributed by atoms with Crippen LogP contribution in [0.1, 0.15) is 258 Å². The van der Waals surface area contributed by atoms with Crippen LogP contribution in [0.5, 0.6) is 0 Å². The van der Waals surface area contributed by atoms with Gasteiger partial charge in [-0.1, -0.05) is 212 Å². The highest BCUT2D eigenvalue weighted by Gasteiger charge is 2.18. The van der Waals surface area contributed by atoms with Crippen LogP contribution >= 0.6 is 0 Å². The normalized spacial score (nSPS) is 12.9. The van der Waals surface area contributed by atoms with Crippen LogP contribution in [0.3, 0.4) is 0 Å². The van der Waals surface area contributed by atoms with Gasteiger partial charge in [0.2, 0.25) is 5.91 Å². The number of nitrogens with one attached hydrogen (secondary N) is 1. The Kier molecular flexibility index (Phi) is 44.7. The van der Waals surface area contributed by atoms with E-state index in [4.69, 9.17) is 4.74 Å². The molecule has 1 amide bonds. The summed E-state index contributed by atoms with van der Waals surface area (Å²) < 4.78 is 5.44. The van der Waals surface area contributed by atoms with Crippen LogP contribution in [-0.2, 0) is 14.3 Å². The predicted octanol–water partition coefficient (Wildman–Crippen LogP) is 14.3. The maximum Gasteiger partial charge on any atom is 0.305 e. The van der Waals surface area contributed by atoms with Gasteiger partial charge in [0.1, 0.15) is 0 Å². The molecule has 0 saturated carbocycles. The second-order valence-corrected chi connectivity index (χ2v) is 16.8. The number of hydrogen-bond donors (Lipinski definition) is 3. The van der Waals surface area contributed by atoms with E-state index < -0.39 is 12.1 Å². The lowest BCUT2D eigenvalue weighted by molar-refractivity contribution is -0.143. The summed E-state index contributed by atoms with van der Waals surface area (Å²) in [5.41, 5.74) is 0. The van der Waals surface area contributed by atoms with Gasteiger partial charge in [0.15, 0.2) is 0 Å². The predicted molar refractivity (Wildman–Crippen MR) is 241 cm³/mol. The highest BCUT2D eigenvalue weighted by atomic mass is 16.5. The lowest BCUT2D eigenvalue weighted by Crippen LogP contribution is -2.45. The molecule has 2 unspecified atom stereocenters. The van der Waals surface area contributed by atoms with Crippen molar-refractivity contribution in [1.29, 1.82) is 0 Å². The smallest absolute Gasteiger partial charge is 0.305 e. The monoisotopic (exact) mass is 790 g/mol. The Morgan fingerprint density at radius 3 is 1.30 bits per heavy atom. The number of unbranched alkanes of at least 4 members (excludes halogenated alkanes) is 32. The Morgan fingerprint density at radius 1 is 0.482 bits per heavy atom. The number of rotatable bonds is 45. The minimum Gasteiger partial charge on any atom is -0.466 e. The summed E-state index contributed by atoms with van der Waals surface area (Å²) in [5.74, 6) is -0.0891. The number of hydrogen-bond acceptors (Lipinski definition) is 5. The minimum atomic E-state index is -0.848. The van der Waals surface area contributed by atoms with Gasteiger partial charge in [0, 0.05) is 12.8 Å². The highest BCUT2D eigenvalue weighted by molar-refractivity contribution is 5.76. The Balaban J connectivity index is 3.47. The van der Waals surface area contributed by atoms with Crippen LogP contribution in [0.4, 0.5) is 0 Å². The quantitative estimate of drug-likeness (QED) is 0.0324. The molecule has 56 heavy (non-hydrogen) atoms. The van der Waals surface area contributed by atoms with Gasteiger partial charge in [0.25, 0.3) is 0 Å². The molecule has 0 aliphatic carbocycles. The first-order chi connectivity index (χ1) is 27.5. The van der Waals surface area contributed by atoms with Gasteiger partial charge < -0.3 is 20.3 Å². The number of allylic oxidation sites excluding steroid dienone is 3. The zero-order chi connectivity index (χ0) is 40.8. The van der Waals surface area contributed by atoms with E-state index in [1.165, 1.54) is 173 Å². The Labute approximate surface area is 348 Å². The van der Waals surface area contributed by atoms with E-state index in [2.05, 4.69) is 31.3 Å². The number of aliphatic hydroxyl groups is 2. The molecule has 0 heterocycles. The second kappa shape index (κ2) is 46.0. The fourth-order valence-electron chi connectivity index (χ4n) is 7.39. The van der Waals surface area contributed by atoms with Gasteiger partial charge in [-0.15, -0.1) is 0 Å². The number of carbonyl (C=O) groups excluding carboxylic acids is 2. The van der Waals surface area contributed by atoms with Gasteiger partial charge in [-0.2, -0.15) is 0 Å². The summed E-state index contributed by atoms with van der Waals surface area (Å²) in [6, 6.07) is -0.633. The van der Waals surface area contributed by atoms with Crippen molar-refractivity contribution >= 4 is 11.9 Å². The molecule has 330 valence electrons. The second-order valence-electron chi connectivity index (χ2n) is 16.8. The fraction of sp³-hybridized carbons (Fsp3) is 0.880. The maximum absolute atomic E-state index is 12.4. The first-order valence-corrected chi connectivity index (χ1v) is 24.6. The highest BCUT2D eigenvalue weighted by Crippen LogP contribution is 2.15. The van der Waals surface area contributed by atoms with E-state index in [9.17, 15) is 19.8 Å². The number of ether oxygens (including phenoxy) is 1. The SMILES string of the molecule is CCCCC/C=C\CCCCCCCC(=O)OCCCCCCCCCCCCCCCCCC(=O)NC(CO)C(O)/C=C/CCCCCCCCCCCC. The fourth-order valence-corrected chi connectivity index (χ4v) is 7.39. The average molecular weight is 790 g/mol. The molecule has 0 bridgehead atoms. The van der Waals surface area contributed by atoms with Crippen LogP contribution in [0.25, 0.3) is 0 Å². The molecule has 0 aromatic rings. The third kappa shape index (κ3) is 42.0. The molecule has 0 saturated heterocycles. The van der Waals surface area contributed by atoms with Crippen molar-refractivity contribution in [2.75, 3.05) is 13.2 Å². The Hall–Kier alpha value is -1.66. The van der Waals surface area contributed by atoms with Gasteiger partial charge in [0.05, 0.1) is 25.4 Å². The van der Waals surface area contributed by atoms with Crippen molar-refractivity contribution in [3.63, 3.8) is 0 Å². The van der Waals surface area contributed by atoms with E-state index >= 15 is 0 Å². The third-order valence-corrected chi connectivity index (χ3v) is 11.2. The van der Waals surface area contributed by atoms with Crippen LogP contribution in [-0.4, -0.2) is 47.4 Å². The average Bonchev–Trinajstić information content (AvgIpc) is 3.20. The molecule has 3 N–H and O–H groups in total. The minimum absolute atomic E-state index is 0.0112. The lowest BCUT2D eigenvalue weighted by atomic mass is 10.0. The zero-order valence-electron chi connectivity index (χ0n) is 37.4. The van der Waals surface area contributed by atoms with Gasteiger partial charge in [-0.3, -0.25) is 9.59 Å². The van der Waals surface area contributed by atoms with Crippen molar-refractivity contribution in [1.82, 2.24) is 5.32 Å². The standard InChI is InChI=1S/C50H95NO5/c1-3-5-7-9-11-13-15-22-26-30-34-38-42-48(53)47(46-52)51-49(54)43-39-35-31-27-23-20-18-17-19-21-25-29-33-37-41-45-56-50(55)44-40-36-32-28-24-16-14-12-10-8-6-4-2/h12,14,38,42,47-48,52-53H,3-11,13,15-37,39-41,43-46H2,1-2H3,(H,51,54)/b14-12-,42-38+. The van der Waals surface area contributed by atoms with Crippen molar-refractivity contribution < 1.29 is 24.5 Å². The van der Waals surface area contributed by atoms with E-state index in [0.717, 1.165) is 57.8 Å². The zero-order valence-corrected chi connectivity index (χ0v) is 37.4. The third-order valence-electron chi connectivity index (χ3n) is 11.2. The number of aliphatic hydroxyl groups excluding tert-OH is 2. The van der Waals surface area contributed by atoms with Crippen LogP contribution in [0.2, 0.25) is 0 Å². The number of carbonyl (C=O) groups is 2. The van der Waals surface area contributed by atoms with E-state index in [1.54, 1.807) is 6.08 Å². The lowest BCUT2D eigenvalue weighted by Gasteiger charge is -2.20. The van der Waals surface area contributed by atoms with Gasteiger partial charge >= 0.3 is 5.97 Å². The first-order valence-electron chi connectivity index (χ1n) is 24.6. The molecular weight excluding hydrogens is 695 g/mol.